The maximum absolute atomic E-state index is 3.13. The molecule has 3 nitrogen and oxygen atoms in total. The van der Waals surface area contributed by atoms with Crippen LogP contribution in [-0.2, 0) is 0 Å². The van der Waals surface area contributed by atoms with Crippen molar-refractivity contribution < 1.29 is 0 Å². The third kappa shape index (κ3) is 4.26. The van der Waals surface area contributed by atoms with Gasteiger partial charge in [0.05, 0.1) is 0 Å². The maximum atomic E-state index is 2.51. The molecule has 4 heteroatoms. The summed E-state index contributed by atoms with van der Waals surface area (Å²) < 4.78 is 7.38. The van der Waals surface area contributed by atoms with Crippen molar-refractivity contribution in [1.82, 2.24) is 13.7 Å². The number of hydrogen-bond acceptors (Lipinski definition) is 0. The number of rotatable bonds is 3. The number of para-hydroxylation sites is 5. The first-order chi connectivity index (χ1) is 31.8. The van der Waals surface area contributed by atoms with Crippen LogP contribution < -0.4 is 20.7 Å². The summed E-state index contributed by atoms with van der Waals surface area (Å²) in [5.41, 5.74) is 16.4. The molecule has 0 bridgehead atoms. The molecule has 0 saturated heterocycles. The molecule has 298 valence electrons. The quantitative estimate of drug-likeness (QED) is 0.158. The summed E-state index contributed by atoms with van der Waals surface area (Å²) in [6, 6.07) is 84.6. The van der Waals surface area contributed by atoms with Gasteiger partial charge in [0, 0.05) is 0 Å². The molecule has 0 amide bonds. The molecule has 1 spiro atoms. The van der Waals surface area contributed by atoms with Crippen molar-refractivity contribution in [2.75, 3.05) is 0 Å². The molecule has 64 heavy (non-hydrogen) atoms. The first kappa shape index (κ1) is 34.4. The first-order valence-electron chi connectivity index (χ1n) is 22.4. The van der Waals surface area contributed by atoms with Gasteiger partial charge in [0.15, 0.2) is 0 Å². The van der Waals surface area contributed by atoms with Crippen LogP contribution in [0.15, 0.2) is 224 Å². The molecule has 0 N–H and O–H groups in total. The van der Waals surface area contributed by atoms with E-state index in [4.69, 9.17) is 0 Å². The predicted octanol–water partition coefficient (Wildman–Crippen LogP) is 12.0. The van der Waals surface area contributed by atoms with E-state index < -0.39 is 8.07 Å². The van der Waals surface area contributed by atoms with E-state index in [1.54, 1.807) is 0 Å². The Balaban J connectivity index is 0.942. The third-order valence-electron chi connectivity index (χ3n) is 15.0. The van der Waals surface area contributed by atoms with Crippen molar-refractivity contribution in [2.45, 2.75) is 0 Å². The molecule has 2 aliphatic heterocycles. The summed E-state index contributed by atoms with van der Waals surface area (Å²) in [5.74, 6) is 0. The summed E-state index contributed by atoms with van der Waals surface area (Å²) in [5, 5.41) is 13.7. The Morgan fingerprint density at radius 3 is 0.938 bits per heavy atom. The van der Waals surface area contributed by atoms with E-state index in [1.165, 1.54) is 125 Å². The van der Waals surface area contributed by atoms with Gasteiger partial charge in [-0.3, -0.25) is 0 Å². The second kappa shape index (κ2) is 12.5. The Labute approximate surface area is 369 Å². The van der Waals surface area contributed by atoms with Crippen molar-refractivity contribution in [3.05, 3.63) is 224 Å². The number of benzene rings is 10. The van der Waals surface area contributed by atoms with Gasteiger partial charge in [-0.15, -0.1) is 0 Å². The Hall–Kier alpha value is -8.18. The molecule has 0 unspecified atom stereocenters. The number of nitrogens with zero attached hydrogens (tertiary/aromatic N) is 3. The zero-order chi connectivity index (χ0) is 41.7. The number of aromatic nitrogens is 3. The molecule has 0 aliphatic carbocycles. The van der Waals surface area contributed by atoms with Crippen LogP contribution in [0.1, 0.15) is 0 Å². The first-order valence-corrected chi connectivity index (χ1v) is 24.7. The molecule has 5 heterocycles. The summed E-state index contributed by atoms with van der Waals surface area (Å²) in [6.45, 7) is 0. The fraction of sp³-hybridized carbons (Fsp3) is 0. The normalized spacial score (nSPS) is 13.9. The van der Waals surface area contributed by atoms with Crippen LogP contribution in [0.3, 0.4) is 0 Å². The second-order valence-corrected chi connectivity index (χ2v) is 22.1. The molecule has 0 saturated carbocycles. The van der Waals surface area contributed by atoms with Crippen LogP contribution in [-0.4, -0.2) is 21.8 Å². The van der Waals surface area contributed by atoms with Crippen molar-refractivity contribution in [1.29, 1.82) is 0 Å². The fourth-order valence-electron chi connectivity index (χ4n) is 12.6. The van der Waals surface area contributed by atoms with Crippen LogP contribution in [0.4, 0.5) is 0 Å². The Morgan fingerprint density at radius 2 is 0.516 bits per heavy atom. The minimum absolute atomic E-state index is 1.17. The molecule has 0 radical (unpaired) electrons. The van der Waals surface area contributed by atoms with E-state index >= 15 is 0 Å². The van der Waals surface area contributed by atoms with Crippen LogP contribution >= 0.6 is 0 Å². The molecule has 15 rings (SSSR count). The van der Waals surface area contributed by atoms with Gasteiger partial charge in [0.25, 0.3) is 0 Å². The summed E-state index contributed by atoms with van der Waals surface area (Å²) >= 11 is 0. The second-order valence-electron chi connectivity index (χ2n) is 17.9. The zero-order valence-electron chi connectivity index (χ0n) is 34.8. The fourth-order valence-corrected chi connectivity index (χ4v) is 19.0. The van der Waals surface area contributed by atoms with Gasteiger partial charge in [0.2, 0.25) is 0 Å². The molecule has 2 aliphatic rings. The van der Waals surface area contributed by atoms with Gasteiger partial charge in [0.1, 0.15) is 0 Å². The molecule has 0 atom stereocenters. The standard InChI is InChI=1S/C60H38N3Si/c1-8-22-51-41(15-1)42-16-2-9-23-52(42)61(51)38-29-32-56-48(35-38)45-19-5-12-26-55(45)63(56)40-31-34-60-50(37-40)47-21-7-14-28-58(47)64(60)57-27-13-6-20-46(57)49-36-39(30-33-59(49)64)62-53-24-10-3-17-43(53)44-18-4-11-25-54(44)62/h1-37,64H/q-1. The summed E-state index contributed by atoms with van der Waals surface area (Å²) in [4.78, 5) is 0. The monoisotopic (exact) mass is 828 g/mol. The summed E-state index contributed by atoms with van der Waals surface area (Å²) in [7, 11) is -3.13. The van der Waals surface area contributed by atoms with Crippen LogP contribution in [0.25, 0.3) is 105 Å². The van der Waals surface area contributed by atoms with E-state index in [2.05, 4.69) is 238 Å². The zero-order valence-corrected chi connectivity index (χ0v) is 35.9. The molecule has 0 fully saturated rings. The van der Waals surface area contributed by atoms with Gasteiger partial charge in [-0.25, -0.2) is 0 Å². The average molecular weight is 829 g/mol. The van der Waals surface area contributed by atoms with Crippen molar-refractivity contribution >= 4 is 94.2 Å². The molecular formula is C60H38N3Si-. The van der Waals surface area contributed by atoms with E-state index in [1.807, 2.05) is 0 Å². The van der Waals surface area contributed by atoms with Gasteiger partial charge < -0.3 is 0 Å². The Kier molecular flexibility index (Phi) is 6.71. The van der Waals surface area contributed by atoms with Crippen LogP contribution in [0.2, 0.25) is 0 Å². The van der Waals surface area contributed by atoms with Crippen LogP contribution in [0.5, 0.6) is 0 Å². The van der Waals surface area contributed by atoms with E-state index in [0.29, 0.717) is 0 Å². The van der Waals surface area contributed by atoms with E-state index in [-0.39, 0.29) is 0 Å². The predicted molar refractivity (Wildman–Crippen MR) is 272 cm³/mol. The van der Waals surface area contributed by atoms with Gasteiger partial charge in [-0.05, 0) is 0 Å². The van der Waals surface area contributed by atoms with Crippen molar-refractivity contribution in [3.8, 4) is 39.3 Å². The summed E-state index contributed by atoms with van der Waals surface area (Å²) in [6.07, 6.45) is 0. The van der Waals surface area contributed by atoms with Gasteiger partial charge >= 0.3 is 335 Å². The molecule has 10 aromatic carbocycles. The van der Waals surface area contributed by atoms with Crippen molar-refractivity contribution in [2.24, 2.45) is 0 Å². The SMILES string of the molecule is c1ccc2c(c1)-c1cc(-n3c4ccccc4c4ccccc43)ccc1[SiH-]21c2ccccc2-c2cc(-n3c4ccccc4c4cc(-n5c6ccccc6c6ccccc65)ccc43)ccc21. The van der Waals surface area contributed by atoms with Crippen LogP contribution in [0, 0.1) is 0 Å². The van der Waals surface area contributed by atoms with E-state index in [0.717, 1.165) is 0 Å². The Morgan fingerprint density at radius 1 is 0.219 bits per heavy atom. The number of hydrogen-bond donors (Lipinski definition) is 0. The third-order valence-corrected chi connectivity index (χ3v) is 20.8. The molecule has 3 aromatic heterocycles. The minimum atomic E-state index is -3.13. The van der Waals surface area contributed by atoms with E-state index in [9.17, 15) is 0 Å². The van der Waals surface area contributed by atoms with Crippen molar-refractivity contribution in [3.63, 3.8) is 0 Å². The van der Waals surface area contributed by atoms with Gasteiger partial charge in [-0.2, -0.15) is 0 Å². The topological polar surface area (TPSA) is 14.8 Å². The average Bonchev–Trinajstić information content (AvgIpc) is 4.13. The number of fused-ring (bicyclic) bond motifs is 19. The molecule has 13 aromatic rings. The Bertz CT molecular complexity index is 4060. The van der Waals surface area contributed by atoms with Gasteiger partial charge in [-0.1, -0.05) is 36.4 Å². The molecular weight excluding hydrogens is 791 g/mol.